The normalized spacial score (nSPS) is 21.9. The Kier molecular flexibility index (Phi) is 6.54. The summed E-state index contributed by atoms with van der Waals surface area (Å²) in [7, 11) is 4.96. The highest BCUT2D eigenvalue weighted by Crippen LogP contribution is 2.20. The molecule has 0 amide bonds. The summed E-state index contributed by atoms with van der Waals surface area (Å²) >= 11 is 0. The van der Waals surface area contributed by atoms with Crippen LogP contribution in [0.4, 0.5) is 0 Å². The molecule has 0 spiro atoms. The average molecular weight is 223 g/mol. The number of carbonyl (C=O) groups excluding carboxylic acids is 1. The van der Waals surface area contributed by atoms with Gasteiger partial charge in [0.2, 0.25) is 0 Å². The van der Waals surface area contributed by atoms with Gasteiger partial charge < -0.3 is 9.97 Å². The van der Waals surface area contributed by atoms with Crippen molar-refractivity contribution in [1.29, 1.82) is 0 Å². The van der Waals surface area contributed by atoms with Crippen LogP contribution >= 0.6 is 0 Å². The minimum Gasteiger partial charge on any atom is -0.543 e. The van der Waals surface area contributed by atoms with Crippen LogP contribution in [0.1, 0.15) is 51.9 Å². The molecule has 1 aliphatic heterocycles. The zero-order valence-electron chi connectivity index (χ0n) is 10.2. The third kappa shape index (κ3) is 4.56. The maximum absolute atomic E-state index is 11.5. The Hall–Kier alpha value is -0.505. The largest absolute Gasteiger partial charge is 0.543 e. The second kappa shape index (κ2) is 7.72. The van der Waals surface area contributed by atoms with Crippen LogP contribution in [0.15, 0.2) is 0 Å². The lowest BCUT2D eigenvalue weighted by atomic mass is 9.94. The lowest BCUT2D eigenvalue weighted by molar-refractivity contribution is -0.139. The summed E-state index contributed by atoms with van der Waals surface area (Å²) in [6, 6.07) is 0.592. The molecule has 0 saturated carbocycles. The molecule has 1 fully saturated rings. The van der Waals surface area contributed by atoms with Gasteiger partial charge in [-0.2, -0.15) is 0 Å². The second-order valence-electron chi connectivity index (χ2n) is 4.65. The van der Waals surface area contributed by atoms with Crippen molar-refractivity contribution in [2.75, 3.05) is 6.54 Å². The number of carbonyl (C=O) groups is 1. The molecule has 1 aliphatic rings. The van der Waals surface area contributed by atoms with Gasteiger partial charge in [0.25, 0.3) is 5.97 Å². The van der Waals surface area contributed by atoms with E-state index < -0.39 is 0 Å². The van der Waals surface area contributed by atoms with Crippen LogP contribution in [0.5, 0.6) is 0 Å². The fraction of sp³-hybridized carbons (Fsp3) is 0.917. The summed E-state index contributed by atoms with van der Waals surface area (Å²) in [6.07, 6.45) is 7.52. The molecule has 0 bridgehead atoms. The van der Waals surface area contributed by atoms with Gasteiger partial charge in [-0.05, 0) is 38.6 Å². The molecule has 2 atom stereocenters. The Bertz CT molecular complexity index is 205. The van der Waals surface area contributed by atoms with E-state index in [4.69, 9.17) is 8.05 Å². The zero-order valence-corrected chi connectivity index (χ0v) is 10.2. The van der Waals surface area contributed by atoms with E-state index in [1.54, 1.807) is 0 Å². The number of nitrogens with one attached hydrogen (secondary N) is 1. The Morgan fingerprint density at radius 3 is 2.94 bits per heavy atom. The second-order valence-corrected chi connectivity index (χ2v) is 4.65. The molecular formula is C12H22BNO2. The first-order valence-electron chi connectivity index (χ1n) is 6.41. The zero-order chi connectivity index (χ0) is 11.8. The highest BCUT2D eigenvalue weighted by molar-refractivity contribution is 6.05. The van der Waals surface area contributed by atoms with Gasteiger partial charge in [0.15, 0.2) is 0 Å². The number of hydrogen-bond acceptors (Lipinski definition) is 3. The van der Waals surface area contributed by atoms with Crippen molar-refractivity contribution in [2.45, 2.75) is 57.9 Å². The van der Waals surface area contributed by atoms with E-state index >= 15 is 0 Å². The van der Waals surface area contributed by atoms with Crippen molar-refractivity contribution in [2.24, 2.45) is 5.92 Å². The van der Waals surface area contributed by atoms with Gasteiger partial charge in [0, 0.05) is 6.04 Å². The quantitative estimate of drug-likeness (QED) is 0.670. The summed E-state index contributed by atoms with van der Waals surface area (Å²) in [5.74, 6) is -0.251. The number of rotatable bonds is 7. The monoisotopic (exact) mass is 223 g/mol. The van der Waals surface area contributed by atoms with Crippen molar-refractivity contribution in [3.05, 3.63) is 0 Å². The highest BCUT2D eigenvalue weighted by Gasteiger charge is 2.21. The molecular weight excluding hydrogens is 201 g/mol. The predicted octanol–water partition coefficient (Wildman–Crippen LogP) is 1.95. The molecule has 1 N–H and O–H groups in total. The molecule has 1 heterocycles. The van der Waals surface area contributed by atoms with Crippen LogP contribution < -0.4 is 5.32 Å². The van der Waals surface area contributed by atoms with Crippen LogP contribution in [-0.4, -0.2) is 26.6 Å². The van der Waals surface area contributed by atoms with Gasteiger partial charge in [0.1, 0.15) is 0 Å². The van der Waals surface area contributed by atoms with Crippen LogP contribution in [-0.2, 0) is 9.45 Å². The van der Waals surface area contributed by atoms with Crippen molar-refractivity contribution >= 4 is 14.0 Å². The average Bonchev–Trinajstić information content (AvgIpc) is 2.81. The van der Waals surface area contributed by atoms with Gasteiger partial charge in [0.05, 0.1) is 5.92 Å². The Labute approximate surface area is 99.8 Å². The summed E-state index contributed by atoms with van der Waals surface area (Å²) in [5, 5.41) is 3.44. The summed E-state index contributed by atoms with van der Waals surface area (Å²) < 4.78 is 4.37. The summed E-state index contributed by atoms with van der Waals surface area (Å²) in [5.41, 5.74) is 0. The molecule has 16 heavy (non-hydrogen) atoms. The number of unbranched alkanes of at least 4 members (excludes halogenated alkanes) is 1. The van der Waals surface area contributed by atoms with Crippen LogP contribution in [0.2, 0.25) is 0 Å². The topological polar surface area (TPSA) is 38.3 Å². The van der Waals surface area contributed by atoms with E-state index in [0.29, 0.717) is 6.04 Å². The molecule has 0 aliphatic carbocycles. The molecule has 0 aromatic heterocycles. The third-order valence-corrected chi connectivity index (χ3v) is 3.38. The smallest absolute Gasteiger partial charge is 0.378 e. The van der Waals surface area contributed by atoms with Crippen molar-refractivity contribution in [3.8, 4) is 0 Å². The third-order valence-electron chi connectivity index (χ3n) is 3.38. The molecule has 4 heteroatoms. The first-order chi connectivity index (χ1) is 7.77. The molecule has 3 nitrogen and oxygen atoms in total. The first kappa shape index (κ1) is 13.6. The van der Waals surface area contributed by atoms with Crippen LogP contribution in [0, 0.1) is 5.92 Å². The van der Waals surface area contributed by atoms with E-state index in [2.05, 4.69) is 16.9 Å². The Morgan fingerprint density at radius 2 is 2.38 bits per heavy atom. The summed E-state index contributed by atoms with van der Waals surface area (Å²) in [4.78, 5) is 11.5. The van der Waals surface area contributed by atoms with Gasteiger partial charge in [-0.15, -0.1) is 0 Å². The molecule has 90 valence electrons. The fourth-order valence-electron chi connectivity index (χ4n) is 2.33. The maximum Gasteiger partial charge on any atom is 0.378 e. The van der Waals surface area contributed by atoms with E-state index in [-0.39, 0.29) is 11.9 Å². The van der Waals surface area contributed by atoms with Gasteiger partial charge in [-0.25, -0.2) is 0 Å². The Balaban J connectivity index is 2.27. The lowest BCUT2D eigenvalue weighted by Gasteiger charge is -2.17. The van der Waals surface area contributed by atoms with Crippen molar-refractivity contribution in [1.82, 2.24) is 5.32 Å². The minimum atomic E-state index is -0.244. The lowest BCUT2D eigenvalue weighted by Crippen LogP contribution is -2.24. The molecule has 2 radical (unpaired) electrons. The van der Waals surface area contributed by atoms with E-state index in [1.807, 2.05) is 0 Å². The van der Waals surface area contributed by atoms with E-state index in [0.717, 1.165) is 38.6 Å². The molecule has 1 unspecified atom stereocenters. The molecule has 0 aromatic carbocycles. The number of hydrogen-bond donors (Lipinski definition) is 1. The van der Waals surface area contributed by atoms with Crippen molar-refractivity contribution in [3.63, 3.8) is 0 Å². The molecule has 0 aromatic rings. The predicted molar refractivity (Wildman–Crippen MR) is 65.1 cm³/mol. The van der Waals surface area contributed by atoms with Crippen molar-refractivity contribution < 1.29 is 9.45 Å². The molecule has 1 rings (SSSR count). The molecule has 1 saturated heterocycles. The first-order valence-corrected chi connectivity index (χ1v) is 6.41. The van der Waals surface area contributed by atoms with Gasteiger partial charge in [-0.3, -0.25) is 4.79 Å². The SMILES string of the molecule is [B]OC(=O)C(CCCC)CC[C@H]1CCCN1. The van der Waals surface area contributed by atoms with Crippen LogP contribution in [0.25, 0.3) is 0 Å². The standard InChI is InChI=1S/C12H22BNO2/c1-2-3-5-10(12(15)16-13)7-8-11-6-4-9-14-11/h10-11,14H,2-9H2,1H3/t10?,11-/m1/s1. The Morgan fingerprint density at radius 1 is 1.56 bits per heavy atom. The van der Waals surface area contributed by atoms with Gasteiger partial charge >= 0.3 is 8.05 Å². The van der Waals surface area contributed by atoms with E-state index in [1.165, 1.54) is 12.8 Å². The van der Waals surface area contributed by atoms with E-state index in [9.17, 15) is 4.79 Å². The summed E-state index contributed by atoms with van der Waals surface area (Å²) in [6.45, 7) is 3.25. The van der Waals surface area contributed by atoms with Crippen LogP contribution in [0.3, 0.4) is 0 Å². The fourth-order valence-corrected chi connectivity index (χ4v) is 2.33. The van der Waals surface area contributed by atoms with Gasteiger partial charge in [-0.1, -0.05) is 19.8 Å². The highest BCUT2D eigenvalue weighted by atomic mass is 16.5. The minimum absolute atomic E-state index is 0.00708. The maximum atomic E-state index is 11.5.